The van der Waals surface area contributed by atoms with Crippen LogP contribution in [0.5, 0.6) is 0 Å². The van der Waals surface area contributed by atoms with E-state index >= 15 is 0 Å². The van der Waals surface area contributed by atoms with Crippen molar-refractivity contribution >= 4 is 35.2 Å². The summed E-state index contributed by atoms with van der Waals surface area (Å²) in [6, 6.07) is 5.09. The standard InChI is InChI=1S/C15H17ClN4O2/c16-11-2-3-14(19-7-4-12(21)9-19)13(8-11)18-15(22)20-6-1-5-17-10-20/h1-3,5-6,8,12,21H,4,7,9-10H2,(H,18,22). The number of carbonyl (C=O) groups excluding carboxylic acids is 1. The molecule has 2 N–H and O–H groups in total. The van der Waals surface area contributed by atoms with Crippen molar-refractivity contribution in [2.45, 2.75) is 12.5 Å². The summed E-state index contributed by atoms with van der Waals surface area (Å²) < 4.78 is 0. The molecule has 2 heterocycles. The summed E-state index contributed by atoms with van der Waals surface area (Å²) in [6.45, 7) is 1.60. The fourth-order valence-electron chi connectivity index (χ4n) is 2.55. The van der Waals surface area contributed by atoms with E-state index in [9.17, 15) is 9.90 Å². The number of nitrogens with zero attached hydrogens (tertiary/aromatic N) is 3. The van der Waals surface area contributed by atoms with E-state index < -0.39 is 0 Å². The average Bonchev–Trinajstić information content (AvgIpc) is 2.94. The molecule has 1 unspecified atom stereocenters. The van der Waals surface area contributed by atoms with Crippen LogP contribution in [-0.2, 0) is 0 Å². The summed E-state index contributed by atoms with van der Waals surface area (Å²) >= 11 is 6.05. The molecule has 1 aromatic rings. The second-order valence-electron chi connectivity index (χ2n) is 5.26. The number of allylic oxidation sites excluding steroid dienone is 1. The maximum Gasteiger partial charge on any atom is 0.327 e. The van der Waals surface area contributed by atoms with Crippen LogP contribution in [0.2, 0.25) is 5.02 Å². The molecule has 1 atom stereocenters. The first kappa shape index (κ1) is 14.9. The minimum Gasteiger partial charge on any atom is -0.391 e. The Hall–Kier alpha value is -2.05. The normalized spacial score (nSPS) is 20.5. The topological polar surface area (TPSA) is 68.2 Å². The second-order valence-corrected chi connectivity index (χ2v) is 5.70. The van der Waals surface area contributed by atoms with Gasteiger partial charge in [0.1, 0.15) is 6.67 Å². The number of aliphatic hydroxyl groups is 1. The molecular weight excluding hydrogens is 304 g/mol. The lowest BCUT2D eigenvalue weighted by molar-refractivity contribution is 0.198. The van der Waals surface area contributed by atoms with Crippen molar-refractivity contribution in [3.63, 3.8) is 0 Å². The van der Waals surface area contributed by atoms with Crippen LogP contribution in [0, 0.1) is 0 Å². The van der Waals surface area contributed by atoms with Gasteiger partial charge in [0.05, 0.1) is 17.5 Å². The predicted molar refractivity (Wildman–Crippen MR) is 87.6 cm³/mol. The largest absolute Gasteiger partial charge is 0.391 e. The highest BCUT2D eigenvalue weighted by Gasteiger charge is 2.23. The maximum absolute atomic E-state index is 12.3. The number of β-amino-alcohol motifs (C(OH)–C–C–N with tert-alkyl or cyclic N) is 1. The number of carbonyl (C=O) groups is 1. The zero-order valence-electron chi connectivity index (χ0n) is 11.9. The van der Waals surface area contributed by atoms with Crippen molar-refractivity contribution < 1.29 is 9.90 Å². The number of halogens is 1. The van der Waals surface area contributed by atoms with Crippen LogP contribution >= 0.6 is 11.6 Å². The average molecular weight is 321 g/mol. The van der Waals surface area contributed by atoms with E-state index in [0.717, 1.165) is 18.7 Å². The molecule has 1 saturated heterocycles. The van der Waals surface area contributed by atoms with Crippen LogP contribution in [-0.4, -0.2) is 48.1 Å². The molecule has 0 saturated carbocycles. The smallest absolute Gasteiger partial charge is 0.327 e. The van der Waals surface area contributed by atoms with Crippen molar-refractivity contribution in [2.24, 2.45) is 4.99 Å². The fourth-order valence-corrected chi connectivity index (χ4v) is 2.72. The third-order valence-electron chi connectivity index (χ3n) is 3.66. The summed E-state index contributed by atoms with van der Waals surface area (Å²) in [7, 11) is 0. The molecule has 22 heavy (non-hydrogen) atoms. The predicted octanol–water partition coefficient (Wildman–Crippen LogP) is 2.30. The number of aliphatic imine (C=N–C) groups is 1. The minimum absolute atomic E-state index is 0.267. The number of hydrogen-bond donors (Lipinski definition) is 2. The van der Waals surface area contributed by atoms with Crippen LogP contribution in [0.3, 0.4) is 0 Å². The number of urea groups is 1. The molecule has 0 aromatic heterocycles. The van der Waals surface area contributed by atoms with Gasteiger partial charge in [-0.2, -0.15) is 0 Å². The number of anilines is 2. The van der Waals surface area contributed by atoms with Crippen LogP contribution in [0.1, 0.15) is 6.42 Å². The number of nitrogens with one attached hydrogen (secondary N) is 1. The number of benzene rings is 1. The van der Waals surface area contributed by atoms with Gasteiger partial charge in [-0.3, -0.25) is 9.89 Å². The zero-order chi connectivity index (χ0) is 15.5. The van der Waals surface area contributed by atoms with E-state index in [4.69, 9.17) is 11.6 Å². The SMILES string of the molecule is O=C(Nc1cc(Cl)ccc1N1CCC(O)C1)N1C=CC=NC1. The molecule has 2 aliphatic rings. The molecule has 0 aliphatic carbocycles. The number of amides is 2. The Kier molecular flexibility index (Phi) is 4.31. The molecule has 0 bridgehead atoms. The van der Waals surface area contributed by atoms with Crippen molar-refractivity contribution in [3.8, 4) is 0 Å². The zero-order valence-corrected chi connectivity index (χ0v) is 12.7. The molecule has 1 fully saturated rings. The van der Waals surface area contributed by atoms with E-state index in [2.05, 4.69) is 10.3 Å². The summed E-state index contributed by atoms with van der Waals surface area (Å²) in [5.41, 5.74) is 1.49. The van der Waals surface area contributed by atoms with Gasteiger partial charge < -0.3 is 15.3 Å². The van der Waals surface area contributed by atoms with Crippen LogP contribution in [0.25, 0.3) is 0 Å². The molecule has 0 spiro atoms. The van der Waals surface area contributed by atoms with Crippen molar-refractivity contribution in [1.29, 1.82) is 0 Å². The van der Waals surface area contributed by atoms with Gasteiger partial charge in [-0.25, -0.2) is 4.79 Å². The van der Waals surface area contributed by atoms with Gasteiger partial charge >= 0.3 is 6.03 Å². The van der Waals surface area contributed by atoms with Crippen molar-refractivity contribution in [2.75, 3.05) is 30.0 Å². The summed E-state index contributed by atoms with van der Waals surface area (Å²) in [5, 5.41) is 13.1. The molecule has 2 amide bonds. The van der Waals surface area contributed by atoms with Gasteiger partial charge in [0.15, 0.2) is 0 Å². The monoisotopic (exact) mass is 320 g/mol. The number of rotatable bonds is 2. The molecule has 3 rings (SSSR count). The van der Waals surface area contributed by atoms with Crippen LogP contribution in [0.4, 0.5) is 16.2 Å². The van der Waals surface area contributed by atoms with Gasteiger partial charge in [0.2, 0.25) is 0 Å². The Morgan fingerprint density at radius 3 is 3.00 bits per heavy atom. The lowest BCUT2D eigenvalue weighted by Gasteiger charge is -2.24. The first-order valence-electron chi connectivity index (χ1n) is 7.10. The van der Waals surface area contributed by atoms with Gasteiger partial charge in [0.25, 0.3) is 0 Å². The van der Waals surface area contributed by atoms with E-state index in [1.807, 2.05) is 11.0 Å². The quantitative estimate of drug-likeness (QED) is 0.878. The van der Waals surface area contributed by atoms with E-state index in [1.54, 1.807) is 30.6 Å². The van der Waals surface area contributed by atoms with E-state index in [0.29, 0.717) is 23.9 Å². The molecule has 2 aliphatic heterocycles. The molecular formula is C15H17ClN4O2. The second kappa shape index (κ2) is 6.37. The first-order chi connectivity index (χ1) is 10.6. The Morgan fingerprint density at radius 1 is 1.45 bits per heavy atom. The summed E-state index contributed by atoms with van der Waals surface area (Å²) in [6.07, 6.45) is 5.42. The van der Waals surface area contributed by atoms with Crippen molar-refractivity contribution in [3.05, 3.63) is 35.5 Å². The van der Waals surface area contributed by atoms with E-state index in [-0.39, 0.29) is 12.1 Å². The highest BCUT2D eigenvalue weighted by atomic mass is 35.5. The molecule has 0 radical (unpaired) electrons. The third-order valence-corrected chi connectivity index (χ3v) is 3.89. The minimum atomic E-state index is -0.335. The lowest BCUT2D eigenvalue weighted by atomic mass is 10.2. The first-order valence-corrected chi connectivity index (χ1v) is 7.48. The summed E-state index contributed by atoms with van der Waals surface area (Å²) in [5.74, 6) is 0. The Morgan fingerprint density at radius 2 is 2.32 bits per heavy atom. The highest BCUT2D eigenvalue weighted by Crippen LogP contribution is 2.31. The van der Waals surface area contributed by atoms with Gasteiger partial charge in [-0.15, -0.1) is 0 Å². The Balaban J connectivity index is 1.80. The molecule has 7 heteroatoms. The third kappa shape index (κ3) is 3.23. The van der Waals surface area contributed by atoms with Crippen LogP contribution < -0.4 is 10.2 Å². The maximum atomic E-state index is 12.3. The Labute approximate surface area is 133 Å². The lowest BCUT2D eigenvalue weighted by Crippen LogP contribution is -2.32. The number of hydrogen-bond acceptors (Lipinski definition) is 4. The highest BCUT2D eigenvalue weighted by molar-refractivity contribution is 6.31. The van der Waals surface area contributed by atoms with Gasteiger partial charge in [-0.1, -0.05) is 11.6 Å². The molecule has 6 nitrogen and oxygen atoms in total. The van der Waals surface area contributed by atoms with Gasteiger partial charge in [0, 0.05) is 30.5 Å². The van der Waals surface area contributed by atoms with Crippen molar-refractivity contribution in [1.82, 2.24) is 4.90 Å². The van der Waals surface area contributed by atoms with Gasteiger partial charge in [-0.05, 0) is 30.7 Å². The summed E-state index contributed by atoms with van der Waals surface area (Å²) in [4.78, 5) is 19.8. The Bertz CT molecular complexity index is 632. The van der Waals surface area contributed by atoms with E-state index in [1.165, 1.54) is 4.90 Å². The molecule has 116 valence electrons. The van der Waals surface area contributed by atoms with Crippen LogP contribution in [0.15, 0.2) is 35.5 Å². The number of aliphatic hydroxyl groups excluding tert-OH is 1. The fraction of sp³-hybridized carbons (Fsp3) is 0.333. The molecule has 1 aromatic carbocycles.